The van der Waals surface area contributed by atoms with Gasteiger partial charge in [0.05, 0.1) is 6.10 Å². The van der Waals surface area contributed by atoms with E-state index in [9.17, 15) is 0 Å². The first-order valence-electron chi connectivity index (χ1n) is 5.07. The van der Waals surface area contributed by atoms with Crippen molar-refractivity contribution in [2.24, 2.45) is 5.41 Å². The zero-order valence-electron chi connectivity index (χ0n) is 8.27. The highest BCUT2D eigenvalue weighted by atomic mass is 16.3. The van der Waals surface area contributed by atoms with Crippen LogP contribution in [0.3, 0.4) is 0 Å². The minimum atomic E-state index is -0.206. The molecule has 0 amide bonds. The lowest BCUT2D eigenvalue weighted by atomic mass is 10.0. The summed E-state index contributed by atoms with van der Waals surface area (Å²) in [7, 11) is 0. The molecule has 0 spiro atoms. The van der Waals surface area contributed by atoms with Crippen LogP contribution in [0.5, 0.6) is 0 Å². The van der Waals surface area contributed by atoms with Crippen molar-refractivity contribution in [3.8, 4) is 0 Å². The first kappa shape index (κ1) is 10.0. The van der Waals surface area contributed by atoms with Crippen LogP contribution >= 0.6 is 0 Å². The van der Waals surface area contributed by atoms with Crippen LogP contribution in [0, 0.1) is 5.41 Å². The lowest BCUT2D eigenvalue weighted by Crippen LogP contribution is -2.30. The molecule has 0 unspecified atom stereocenters. The van der Waals surface area contributed by atoms with Crippen molar-refractivity contribution in [1.82, 2.24) is 5.32 Å². The van der Waals surface area contributed by atoms with E-state index in [1.165, 1.54) is 25.7 Å². The number of aliphatic hydroxyl groups excluding tert-OH is 1. The highest BCUT2D eigenvalue weighted by Crippen LogP contribution is 2.48. The molecule has 1 aliphatic rings. The van der Waals surface area contributed by atoms with E-state index in [0.29, 0.717) is 5.41 Å². The quantitative estimate of drug-likeness (QED) is 0.635. The second-order valence-electron chi connectivity index (χ2n) is 4.23. The molecule has 2 heteroatoms. The predicted molar refractivity (Wildman–Crippen MR) is 51.1 cm³/mol. The van der Waals surface area contributed by atoms with Gasteiger partial charge in [0.15, 0.2) is 0 Å². The van der Waals surface area contributed by atoms with Gasteiger partial charge in [-0.2, -0.15) is 0 Å². The highest BCUT2D eigenvalue weighted by molar-refractivity contribution is 4.94. The van der Waals surface area contributed by atoms with Gasteiger partial charge in [0.2, 0.25) is 0 Å². The van der Waals surface area contributed by atoms with Crippen LogP contribution in [0.15, 0.2) is 0 Å². The van der Waals surface area contributed by atoms with E-state index < -0.39 is 0 Å². The number of aliphatic hydroxyl groups is 1. The van der Waals surface area contributed by atoms with E-state index >= 15 is 0 Å². The number of nitrogens with one attached hydrogen (secondary N) is 1. The Labute approximate surface area is 75.4 Å². The van der Waals surface area contributed by atoms with Gasteiger partial charge in [0, 0.05) is 13.1 Å². The zero-order chi connectivity index (χ0) is 9.03. The van der Waals surface area contributed by atoms with Crippen LogP contribution in [-0.2, 0) is 0 Å². The molecule has 0 aromatic carbocycles. The van der Waals surface area contributed by atoms with Crippen molar-refractivity contribution >= 4 is 0 Å². The third-order valence-corrected chi connectivity index (χ3v) is 2.68. The molecule has 1 fully saturated rings. The molecule has 72 valence electrons. The summed E-state index contributed by atoms with van der Waals surface area (Å²) < 4.78 is 0. The van der Waals surface area contributed by atoms with Gasteiger partial charge in [-0.15, -0.1) is 0 Å². The fourth-order valence-electron chi connectivity index (χ4n) is 1.77. The van der Waals surface area contributed by atoms with Crippen molar-refractivity contribution in [3.05, 3.63) is 0 Å². The number of rotatable bonds is 6. The van der Waals surface area contributed by atoms with Gasteiger partial charge >= 0.3 is 0 Å². The lowest BCUT2D eigenvalue weighted by Gasteiger charge is -2.15. The largest absolute Gasteiger partial charge is 0.392 e. The van der Waals surface area contributed by atoms with Gasteiger partial charge in [0.25, 0.3) is 0 Å². The summed E-state index contributed by atoms with van der Waals surface area (Å²) in [6, 6.07) is 0. The molecule has 12 heavy (non-hydrogen) atoms. The monoisotopic (exact) mass is 171 g/mol. The van der Waals surface area contributed by atoms with Gasteiger partial charge in [-0.05, 0) is 31.6 Å². The normalized spacial score (nSPS) is 22.2. The Hall–Kier alpha value is -0.0800. The van der Waals surface area contributed by atoms with E-state index in [4.69, 9.17) is 5.11 Å². The lowest BCUT2D eigenvalue weighted by molar-refractivity contribution is 0.187. The van der Waals surface area contributed by atoms with Crippen LogP contribution < -0.4 is 5.32 Å². The molecule has 0 aromatic rings. The zero-order valence-corrected chi connectivity index (χ0v) is 8.27. The molecule has 0 saturated heterocycles. The summed E-state index contributed by atoms with van der Waals surface area (Å²) in [5, 5.41) is 12.4. The Morgan fingerprint density at radius 1 is 1.50 bits per heavy atom. The maximum atomic E-state index is 9.04. The molecule has 1 saturated carbocycles. The average molecular weight is 171 g/mol. The van der Waals surface area contributed by atoms with Crippen LogP contribution in [-0.4, -0.2) is 24.3 Å². The average Bonchev–Trinajstić information content (AvgIpc) is 2.69. The van der Waals surface area contributed by atoms with Gasteiger partial charge in [0.1, 0.15) is 0 Å². The summed E-state index contributed by atoms with van der Waals surface area (Å²) in [5.41, 5.74) is 0.615. The molecule has 2 nitrogen and oxygen atoms in total. The molecule has 1 atom stereocenters. The van der Waals surface area contributed by atoms with Gasteiger partial charge in [-0.3, -0.25) is 0 Å². The molecule has 1 aliphatic carbocycles. The second-order valence-corrected chi connectivity index (χ2v) is 4.23. The summed E-state index contributed by atoms with van der Waals surface area (Å²) in [4.78, 5) is 0. The van der Waals surface area contributed by atoms with E-state index in [-0.39, 0.29) is 6.10 Å². The Bertz CT molecular complexity index is 130. The molecule has 0 aromatic heterocycles. The first-order chi connectivity index (χ1) is 5.68. The van der Waals surface area contributed by atoms with E-state index in [1.54, 1.807) is 0 Å². The van der Waals surface area contributed by atoms with Crippen LogP contribution in [0.4, 0.5) is 0 Å². The third-order valence-electron chi connectivity index (χ3n) is 2.68. The maximum Gasteiger partial charge on any atom is 0.0636 e. The second kappa shape index (κ2) is 4.24. The molecule has 1 rings (SSSR count). The van der Waals surface area contributed by atoms with Crippen LogP contribution in [0.25, 0.3) is 0 Å². The van der Waals surface area contributed by atoms with E-state index in [1.807, 2.05) is 6.92 Å². The van der Waals surface area contributed by atoms with Crippen molar-refractivity contribution in [3.63, 3.8) is 0 Å². The number of hydrogen-bond donors (Lipinski definition) is 2. The minimum Gasteiger partial charge on any atom is -0.392 e. The first-order valence-corrected chi connectivity index (χ1v) is 5.07. The highest BCUT2D eigenvalue weighted by Gasteiger charge is 2.40. The SMILES string of the molecule is CCCC1(CNC[C@@H](C)O)CC1. The smallest absolute Gasteiger partial charge is 0.0636 e. The fraction of sp³-hybridized carbons (Fsp3) is 1.00. The molecule has 2 N–H and O–H groups in total. The van der Waals surface area contributed by atoms with Crippen molar-refractivity contribution in [2.45, 2.75) is 45.6 Å². The Morgan fingerprint density at radius 2 is 2.17 bits per heavy atom. The van der Waals surface area contributed by atoms with Crippen molar-refractivity contribution < 1.29 is 5.11 Å². The van der Waals surface area contributed by atoms with Gasteiger partial charge < -0.3 is 10.4 Å². The molecule has 0 heterocycles. The van der Waals surface area contributed by atoms with E-state index in [2.05, 4.69) is 12.2 Å². The van der Waals surface area contributed by atoms with E-state index in [0.717, 1.165) is 13.1 Å². The Kier molecular flexibility index (Phi) is 3.53. The van der Waals surface area contributed by atoms with Gasteiger partial charge in [-0.1, -0.05) is 13.3 Å². The van der Waals surface area contributed by atoms with Crippen LogP contribution in [0.1, 0.15) is 39.5 Å². The fourth-order valence-corrected chi connectivity index (χ4v) is 1.77. The third kappa shape index (κ3) is 3.11. The summed E-state index contributed by atoms with van der Waals surface area (Å²) in [5.74, 6) is 0. The predicted octanol–water partition coefficient (Wildman–Crippen LogP) is 1.54. The minimum absolute atomic E-state index is 0.206. The number of hydrogen-bond acceptors (Lipinski definition) is 2. The summed E-state index contributed by atoms with van der Waals surface area (Å²) in [6.07, 6.45) is 5.19. The Balaban J connectivity index is 2.06. The Morgan fingerprint density at radius 3 is 2.58 bits per heavy atom. The van der Waals surface area contributed by atoms with Crippen molar-refractivity contribution in [2.75, 3.05) is 13.1 Å². The standard InChI is InChI=1S/C10H21NO/c1-3-4-10(5-6-10)8-11-7-9(2)12/h9,11-12H,3-8H2,1-2H3/t9-/m1/s1. The molecule has 0 radical (unpaired) electrons. The topological polar surface area (TPSA) is 32.3 Å². The molecule has 0 bridgehead atoms. The van der Waals surface area contributed by atoms with Crippen molar-refractivity contribution in [1.29, 1.82) is 0 Å². The molecular weight excluding hydrogens is 150 g/mol. The maximum absolute atomic E-state index is 9.04. The molecular formula is C10H21NO. The summed E-state index contributed by atoms with van der Waals surface area (Å²) in [6.45, 7) is 5.92. The molecule has 0 aliphatic heterocycles. The van der Waals surface area contributed by atoms with Crippen LogP contribution in [0.2, 0.25) is 0 Å². The van der Waals surface area contributed by atoms with Gasteiger partial charge in [-0.25, -0.2) is 0 Å². The summed E-state index contributed by atoms with van der Waals surface area (Å²) >= 11 is 0.